The first kappa shape index (κ1) is 15.1. The molecule has 3 heterocycles. The summed E-state index contributed by atoms with van der Waals surface area (Å²) in [5.74, 6) is 0. The molecule has 122 valence electrons. The number of rotatable bonds is 4. The molecule has 3 aromatic heterocycles. The summed E-state index contributed by atoms with van der Waals surface area (Å²) in [6.45, 7) is 5.57. The molecule has 0 radical (unpaired) electrons. The van der Waals surface area contributed by atoms with Gasteiger partial charge in [0, 0.05) is 23.4 Å². The van der Waals surface area contributed by atoms with E-state index < -0.39 is 0 Å². The molecule has 0 aliphatic heterocycles. The maximum absolute atomic E-state index is 13.0. The number of aromatic nitrogens is 3. The van der Waals surface area contributed by atoms with Crippen molar-refractivity contribution in [3.63, 3.8) is 0 Å². The second-order valence-corrected chi connectivity index (χ2v) is 7.24. The van der Waals surface area contributed by atoms with Crippen LogP contribution in [0, 0.1) is 6.92 Å². The van der Waals surface area contributed by atoms with Crippen LogP contribution in [0.15, 0.2) is 47.4 Å². The highest BCUT2D eigenvalue weighted by Gasteiger charge is 2.17. The van der Waals surface area contributed by atoms with Crippen molar-refractivity contribution in [2.24, 2.45) is 0 Å². The third-order valence-corrected chi connectivity index (χ3v) is 5.50. The van der Waals surface area contributed by atoms with Gasteiger partial charge in [0.1, 0.15) is 5.52 Å². The molecule has 0 spiro atoms. The Labute approximate surface area is 144 Å². The Morgan fingerprint density at radius 1 is 1.21 bits per heavy atom. The van der Waals surface area contributed by atoms with Gasteiger partial charge in [0.25, 0.3) is 5.56 Å². The molecule has 0 aliphatic rings. The van der Waals surface area contributed by atoms with Crippen molar-refractivity contribution in [3.05, 3.63) is 63.4 Å². The van der Waals surface area contributed by atoms with E-state index in [1.807, 2.05) is 24.4 Å². The number of fused-ring (bicyclic) bond motifs is 3. The summed E-state index contributed by atoms with van der Waals surface area (Å²) in [5, 5.41) is 5.40. The van der Waals surface area contributed by atoms with Crippen LogP contribution in [0.2, 0.25) is 0 Å². The van der Waals surface area contributed by atoms with Crippen LogP contribution in [0.4, 0.5) is 0 Å². The monoisotopic (exact) mass is 337 g/mol. The topological polar surface area (TPSA) is 39.8 Å². The zero-order chi connectivity index (χ0) is 16.7. The molecule has 24 heavy (non-hydrogen) atoms. The lowest BCUT2D eigenvalue weighted by atomic mass is 10.1. The van der Waals surface area contributed by atoms with Crippen LogP contribution in [0.1, 0.15) is 17.4 Å². The lowest BCUT2D eigenvalue weighted by Gasteiger charge is -2.07. The van der Waals surface area contributed by atoms with Crippen LogP contribution in [0.25, 0.3) is 21.1 Å². The molecule has 0 saturated carbocycles. The highest BCUT2D eigenvalue weighted by molar-refractivity contribution is 7.20. The molecule has 0 aliphatic carbocycles. The number of hydrogen-bond donors (Lipinski definition) is 0. The molecule has 0 amide bonds. The smallest absolute Gasteiger partial charge is 0.291 e. The second-order valence-electron chi connectivity index (χ2n) is 5.99. The molecule has 0 saturated heterocycles. The Kier molecular flexibility index (Phi) is 3.73. The lowest BCUT2D eigenvalue weighted by molar-refractivity contribution is 0.581. The van der Waals surface area contributed by atoms with E-state index in [-0.39, 0.29) is 5.56 Å². The summed E-state index contributed by atoms with van der Waals surface area (Å²) < 4.78 is 4.89. The van der Waals surface area contributed by atoms with Gasteiger partial charge < -0.3 is 4.57 Å². The molecule has 0 N–H and O–H groups in total. The van der Waals surface area contributed by atoms with E-state index >= 15 is 0 Å². The molecular weight excluding hydrogens is 318 g/mol. The zero-order valence-electron chi connectivity index (χ0n) is 13.8. The van der Waals surface area contributed by atoms with Gasteiger partial charge >= 0.3 is 0 Å². The Hall–Kier alpha value is -2.40. The third kappa shape index (κ3) is 2.36. The highest BCUT2D eigenvalue weighted by Crippen LogP contribution is 2.33. The fraction of sp³-hybridized carbons (Fsp3) is 0.263. The van der Waals surface area contributed by atoms with Gasteiger partial charge in [-0.1, -0.05) is 30.3 Å². The van der Waals surface area contributed by atoms with E-state index in [0.717, 1.165) is 29.4 Å². The Balaban J connectivity index is 1.81. The van der Waals surface area contributed by atoms with E-state index in [1.54, 1.807) is 16.0 Å². The fourth-order valence-corrected chi connectivity index (χ4v) is 4.31. The summed E-state index contributed by atoms with van der Waals surface area (Å²) in [6, 6.07) is 12.4. The van der Waals surface area contributed by atoms with E-state index in [9.17, 15) is 4.79 Å². The Morgan fingerprint density at radius 2 is 2.00 bits per heavy atom. The van der Waals surface area contributed by atoms with Gasteiger partial charge in [-0.05, 0) is 31.9 Å². The summed E-state index contributed by atoms with van der Waals surface area (Å²) in [5.41, 5.74) is 3.15. The van der Waals surface area contributed by atoms with Crippen LogP contribution < -0.4 is 5.56 Å². The standard InChI is InChI=1S/C19H19N3OS/c1-3-21-16-11-13(2)24-18(16)15-12-20-22(19(23)17(15)21)10-9-14-7-5-4-6-8-14/h4-8,11-12H,3,9-10H2,1-2H3. The maximum atomic E-state index is 13.0. The van der Waals surface area contributed by atoms with Crippen molar-refractivity contribution < 1.29 is 0 Å². The van der Waals surface area contributed by atoms with Crippen LogP contribution in [0.3, 0.4) is 0 Å². The van der Waals surface area contributed by atoms with Crippen LogP contribution >= 0.6 is 11.3 Å². The molecule has 4 aromatic rings. The quantitative estimate of drug-likeness (QED) is 0.565. The van der Waals surface area contributed by atoms with Gasteiger partial charge in [-0.25, -0.2) is 4.68 Å². The van der Waals surface area contributed by atoms with E-state index in [1.165, 1.54) is 15.1 Å². The summed E-state index contributed by atoms with van der Waals surface area (Å²) in [7, 11) is 0. The minimum absolute atomic E-state index is 0.00586. The Morgan fingerprint density at radius 3 is 2.75 bits per heavy atom. The molecule has 0 unspecified atom stereocenters. The average Bonchev–Trinajstić information content (AvgIpc) is 3.10. The first-order valence-electron chi connectivity index (χ1n) is 8.21. The minimum Gasteiger partial charge on any atom is -0.335 e. The van der Waals surface area contributed by atoms with E-state index in [4.69, 9.17) is 0 Å². The molecule has 4 rings (SSSR count). The Bertz CT molecular complexity index is 1070. The molecule has 0 fully saturated rings. The number of thiophene rings is 1. The maximum Gasteiger partial charge on any atom is 0.291 e. The van der Waals surface area contributed by atoms with Gasteiger partial charge in [-0.3, -0.25) is 4.79 Å². The van der Waals surface area contributed by atoms with Gasteiger partial charge in [0.05, 0.1) is 16.4 Å². The largest absolute Gasteiger partial charge is 0.335 e. The predicted molar refractivity (Wildman–Crippen MR) is 99.9 cm³/mol. The van der Waals surface area contributed by atoms with E-state index in [0.29, 0.717) is 6.54 Å². The SMILES string of the molecule is CCn1c2cc(C)sc2c2cnn(CCc3ccccc3)c(=O)c21. The lowest BCUT2D eigenvalue weighted by Crippen LogP contribution is -2.25. The summed E-state index contributed by atoms with van der Waals surface area (Å²) >= 11 is 1.73. The van der Waals surface area contributed by atoms with Crippen molar-refractivity contribution in [1.82, 2.24) is 14.3 Å². The normalized spacial score (nSPS) is 11.6. The summed E-state index contributed by atoms with van der Waals surface area (Å²) in [6.07, 6.45) is 2.66. The second kappa shape index (κ2) is 5.91. The molecule has 1 aromatic carbocycles. The molecule has 4 nitrogen and oxygen atoms in total. The third-order valence-electron chi connectivity index (χ3n) is 4.43. The van der Waals surface area contributed by atoms with Crippen molar-refractivity contribution in [1.29, 1.82) is 0 Å². The van der Waals surface area contributed by atoms with Crippen molar-refractivity contribution in [2.45, 2.75) is 33.4 Å². The highest BCUT2D eigenvalue weighted by atomic mass is 32.1. The van der Waals surface area contributed by atoms with Crippen LogP contribution in [-0.2, 0) is 19.5 Å². The van der Waals surface area contributed by atoms with Crippen LogP contribution in [0.5, 0.6) is 0 Å². The predicted octanol–water partition coefficient (Wildman–Crippen LogP) is 3.98. The molecular formula is C19H19N3OS. The number of benzene rings is 1. The zero-order valence-corrected chi connectivity index (χ0v) is 14.6. The van der Waals surface area contributed by atoms with Crippen molar-refractivity contribution >= 4 is 32.5 Å². The molecule has 0 bridgehead atoms. The van der Waals surface area contributed by atoms with Gasteiger partial charge in [-0.2, -0.15) is 5.10 Å². The fourth-order valence-electron chi connectivity index (χ4n) is 3.29. The number of hydrogen-bond acceptors (Lipinski definition) is 3. The van der Waals surface area contributed by atoms with E-state index in [2.05, 4.69) is 41.7 Å². The number of aryl methyl sites for hydroxylation is 4. The van der Waals surface area contributed by atoms with Gasteiger partial charge in [-0.15, -0.1) is 11.3 Å². The van der Waals surface area contributed by atoms with Gasteiger partial charge in [0.2, 0.25) is 0 Å². The minimum atomic E-state index is 0.00586. The van der Waals surface area contributed by atoms with Crippen molar-refractivity contribution in [2.75, 3.05) is 0 Å². The number of nitrogens with zero attached hydrogens (tertiary/aromatic N) is 3. The summed E-state index contributed by atoms with van der Waals surface area (Å²) in [4.78, 5) is 14.2. The van der Waals surface area contributed by atoms with Gasteiger partial charge in [0.15, 0.2) is 0 Å². The average molecular weight is 337 g/mol. The first-order valence-corrected chi connectivity index (χ1v) is 9.03. The molecule has 5 heteroatoms. The van der Waals surface area contributed by atoms with Crippen molar-refractivity contribution in [3.8, 4) is 0 Å². The first-order chi connectivity index (χ1) is 11.7. The van der Waals surface area contributed by atoms with Crippen LogP contribution in [-0.4, -0.2) is 14.3 Å². The molecule has 0 atom stereocenters.